The molecule has 0 bridgehead atoms. The summed E-state index contributed by atoms with van der Waals surface area (Å²) >= 11 is 0. The number of rotatable bonds is 5. The lowest BCUT2D eigenvalue weighted by Crippen LogP contribution is -2.29. The number of hydrogen-bond donors (Lipinski definition) is 2. The van der Waals surface area contributed by atoms with Gasteiger partial charge in [-0.05, 0) is 48.8 Å². The van der Waals surface area contributed by atoms with E-state index in [0.717, 1.165) is 24.8 Å². The van der Waals surface area contributed by atoms with Gasteiger partial charge in [-0.15, -0.1) is 0 Å². The fourth-order valence-corrected chi connectivity index (χ4v) is 2.92. The highest BCUT2D eigenvalue weighted by atomic mass is 16.1. The maximum Gasteiger partial charge on any atom is 0.263 e. The first-order valence-electron chi connectivity index (χ1n) is 7.89. The van der Waals surface area contributed by atoms with Gasteiger partial charge in [-0.1, -0.05) is 25.1 Å². The van der Waals surface area contributed by atoms with E-state index in [1.165, 1.54) is 30.2 Å². The van der Waals surface area contributed by atoms with Gasteiger partial charge in [-0.3, -0.25) is 4.79 Å². The molecule has 22 heavy (non-hydrogen) atoms. The molecule has 1 aliphatic carbocycles. The van der Waals surface area contributed by atoms with Gasteiger partial charge in [0, 0.05) is 13.2 Å². The van der Waals surface area contributed by atoms with Crippen molar-refractivity contribution >= 4 is 5.91 Å². The molecule has 4 nitrogen and oxygen atoms in total. The lowest BCUT2D eigenvalue weighted by molar-refractivity contribution is -0.117. The summed E-state index contributed by atoms with van der Waals surface area (Å²) in [6.07, 6.45) is 7.00. The van der Waals surface area contributed by atoms with Crippen molar-refractivity contribution in [1.82, 2.24) is 10.6 Å². The van der Waals surface area contributed by atoms with E-state index in [1.54, 1.807) is 7.05 Å². The molecular formula is C18H23N3O. The van der Waals surface area contributed by atoms with E-state index in [-0.39, 0.29) is 17.5 Å². The predicted octanol–water partition coefficient (Wildman–Crippen LogP) is 2.76. The monoisotopic (exact) mass is 297 g/mol. The third kappa shape index (κ3) is 3.67. The highest BCUT2D eigenvalue weighted by molar-refractivity contribution is 5.97. The summed E-state index contributed by atoms with van der Waals surface area (Å²) in [6, 6.07) is 8.37. The van der Waals surface area contributed by atoms with E-state index in [0.29, 0.717) is 0 Å². The number of nitriles is 1. The van der Waals surface area contributed by atoms with Crippen LogP contribution < -0.4 is 10.6 Å². The molecule has 116 valence electrons. The molecule has 2 rings (SSSR count). The molecule has 1 atom stereocenters. The van der Waals surface area contributed by atoms with Gasteiger partial charge in [0.2, 0.25) is 0 Å². The zero-order valence-electron chi connectivity index (χ0n) is 13.3. The van der Waals surface area contributed by atoms with Crippen LogP contribution in [0.3, 0.4) is 0 Å². The first-order chi connectivity index (χ1) is 10.7. The van der Waals surface area contributed by atoms with Crippen LogP contribution in [0.1, 0.15) is 48.9 Å². The van der Waals surface area contributed by atoms with Gasteiger partial charge in [-0.25, -0.2) is 0 Å². The Hall–Kier alpha value is -2.28. The summed E-state index contributed by atoms with van der Waals surface area (Å²) in [5.41, 5.74) is 4.06. The first kappa shape index (κ1) is 16.1. The zero-order valence-corrected chi connectivity index (χ0v) is 13.3. The van der Waals surface area contributed by atoms with Crippen LogP contribution in [0, 0.1) is 11.3 Å². The van der Waals surface area contributed by atoms with E-state index < -0.39 is 0 Å². The molecule has 0 saturated carbocycles. The average Bonchev–Trinajstić information content (AvgIpc) is 2.56. The van der Waals surface area contributed by atoms with Crippen molar-refractivity contribution in [3.05, 3.63) is 46.7 Å². The topological polar surface area (TPSA) is 64.9 Å². The van der Waals surface area contributed by atoms with Crippen LogP contribution in [0.15, 0.2) is 30.0 Å². The van der Waals surface area contributed by atoms with Gasteiger partial charge in [0.1, 0.15) is 11.6 Å². The Bertz CT molecular complexity index is 613. The van der Waals surface area contributed by atoms with Gasteiger partial charge < -0.3 is 10.6 Å². The Morgan fingerprint density at radius 3 is 2.73 bits per heavy atom. The lowest BCUT2D eigenvalue weighted by atomic mass is 9.88. The van der Waals surface area contributed by atoms with Gasteiger partial charge in [0.15, 0.2) is 0 Å². The fourth-order valence-electron chi connectivity index (χ4n) is 2.92. The molecule has 0 aliphatic heterocycles. The Labute approximate surface area is 132 Å². The summed E-state index contributed by atoms with van der Waals surface area (Å²) < 4.78 is 0. The molecule has 1 aromatic rings. The maximum absolute atomic E-state index is 12.2. The summed E-state index contributed by atoms with van der Waals surface area (Å²) in [5.74, 6) is -0.332. The third-order valence-electron chi connectivity index (χ3n) is 4.14. The number of hydrogen-bond acceptors (Lipinski definition) is 3. The molecule has 2 N–H and O–H groups in total. The van der Waals surface area contributed by atoms with Crippen molar-refractivity contribution in [2.75, 3.05) is 7.05 Å². The van der Waals surface area contributed by atoms with Crippen molar-refractivity contribution in [1.29, 1.82) is 5.26 Å². The SMILES string of the molecule is CCC(NC(=O)/C(C#N)=C\NC)c1ccc2c(c1)CCCC2. The number of fused-ring (bicyclic) bond motifs is 1. The van der Waals surface area contributed by atoms with E-state index in [4.69, 9.17) is 5.26 Å². The van der Waals surface area contributed by atoms with Crippen molar-refractivity contribution in [3.63, 3.8) is 0 Å². The van der Waals surface area contributed by atoms with Crippen LogP contribution in [0.25, 0.3) is 0 Å². The van der Waals surface area contributed by atoms with Gasteiger partial charge in [0.05, 0.1) is 6.04 Å². The Kier molecular flexibility index (Phi) is 5.60. The molecule has 1 unspecified atom stereocenters. The van der Waals surface area contributed by atoms with Gasteiger partial charge in [0.25, 0.3) is 5.91 Å². The summed E-state index contributed by atoms with van der Waals surface area (Å²) in [5, 5.41) is 14.7. The van der Waals surface area contributed by atoms with Crippen LogP contribution >= 0.6 is 0 Å². The normalized spacial score (nSPS) is 15.4. The first-order valence-corrected chi connectivity index (χ1v) is 7.89. The second kappa shape index (κ2) is 7.65. The van der Waals surface area contributed by atoms with Crippen LogP contribution in [-0.2, 0) is 17.6 Å². The molecule has 0 aromatic heterocycles. The summed E-state index contributed by atoms with van der Waals surface area (Å²) in [4.78, 5) is 12.2. The Morgan fingerprint density at radius 2 is 2.09 bits per heavy atom. The van der Waals surface area contributed by atoms with Crippen LogP contribution in [-0.4, -0.2) is 13.0 Å². The minimum absolute atomic E-state index is 0.0617. The fraction of sp³-hybridized carbons (Fsp3) is 0.444. The van der Waals surface area contributed by atoms with E-state index in [1.807, 2.05) is 13.0 Å². The second-order valence-corrected chi connectivity index (χ2v) is 5.63. The van der Waals surface area contributed by atoms with Crippen LogP contribution in [0.4, 0.5) is 0 Å². The van der Waals surface area contributed by atoms with Gasteiger partial charge >= 0.3 is 0 Å². The number of nitrogens with zero attached hydrogens (tertiary/aromatic N) is 1. The maximum atomic E-state index is 12.2. The molecule has 0 radical (unpaired) electrons. The Morgan fingerprint density at radius 1 is 1.36 bits per heavy atom. The predicted molar refractivity (Wildman–Crippen MR) is 87.0 cm³/mol. The van der Waals surface area contributed by atoms with E-state index in [9.17, 15) is 4.79 Å². The van der Waals surface area contributed by atoms with Crippen molar-refractivity contribution < 1.29 is 4.79 Å². The van der Waals surface area contributed by atoms with Gasteiger partial charge in [-0.2, -0.15) is 5.26 Å². The minimum atomic E-state index is -0.332. The Balaban J connectivity index is 2.16. The lowest BCUT2D eigenvalue weighted by Gasteiger charge is -2.21. The molecule has 1 amide bonds. The number of benzene rings is 1. The van der Waals surface area contributed by atoms with Crippen molar-refractivity contribution in [3.8, 4) is 6.07 Å². The average molecular weight is 297 g/mol. The molecule has 4 heteroatoms. The van der Waals surface area contributed by atoms with Crippen molar-refractivity contribution in [2.45, 2.75) is 45.1 Å². The number of carbonyl (C=O) groups is 1. The molecule has 0 saturated heterocycles. The van der Waals surface area contributed by atoms with E-state index in [2.05, 4.69) is 28.8 Å². The molecule has 1 aromatic carbocycles. The molecule has 0 heterocycles. The number of amides is 1. The number of aryl methyl sites for hydroxylation is 2. The smallest absolute Gasteiger partial charge is 0.263 e. The highest BCUT2D eigenvalue weighted by Gasteiger charge is 2.18. The molecule has 0 fully saturated rings. The second-order valence-electron chi connectivity index (χ2n) is 5.63. The van der Waals surface area contributed by atoms with Crippen LogP contribution in [0.5, 0.6) is 0 Å². The van der Waals surface area contributed by atoms with Crippen LogP contribution in [0.2, 0.25) is 0 Å². The van der Waals surface area contributed by atoms with E-state index >= 15 is 0 Å². The highest BCUT2D eigenvalue weighted by Crippen LogP contribution is 2.26. The molecule has 1 aliphatic rings. The minimum Gasteiger partial charge on any atom is -0.393 e. The standard InChI is InChI=1S/C18H23N3O/c1-3-17(21-18(22)16(11-19)12-20-2)15-9-8-13-6-4-5-7-14(13)10-15/h8-10,12,17,20H,3-7H2,1-2H3,(H,21,22)/b16-12-. The molecular weight excluding hydrogens is 274 g/mol. The van der Waals surface area contributed by atoms with Crippen molar-refractivity contribution in [2.24, 2.45) is 0 Å². The third-order valence-corrected chi connectivity index (χ3v) is 4.14. The summed E-state index contributed by atoms with van der Waals surface area (Å²) in [7, 11) is 1.67. The largest absolute Gasteiger partial charge is 0.393 e. The number of nitrogens with one attached hydrogen (secondary N) is 2. The molecule has 0 spiro atoms. The number of carbonyl (C=O) groups excluding carboxylic acids is 1. The zero-order chi connectivity index (χ0) is 15.9. The summed E-state index contributed by atoms with van der Waals surface area (Å²) in [6.45, 7) is 2.04. The quantitative estimate of drug-likeness (QED) is 0.649.